The van der Waals surface area contributed by atoms with Crippen LogP contribution in [0.2, 0.25) is 0 Å². The van der Waals surface area contributed by atoms with Gasteiger partial charge in [0, 0.05) is 17.9 Å². The van der Waals surface area contributed by atoms with Crippen molar-refractivity contribution in [2.45, 2.75) is 53.5 Å². The molecular weight excluding hydrogens is 260 g/mol. The van der Waals surface area contributed by atoms with Gasteiger partial charge in [-0.1, -0.05) is 20.8 Å². The van der Waals surface area contributed by atoms with E-state index in [1.54, 1.807) is 0 Å². The average molecular weight is 286 g/mol. The molecule has 2 aromatic rings. The zero-order valence-electron chi connectivity index (χ0n) is 13.8. The molecule has 0 aromatic carbocycles. The van der Waals surface area contributed by atoms with Gasteiger partial charge in [-0.2, -0.15) is 5.10 Å². The fourth-order valence-corrected chi connectivity index (χ4v) is 2.37. The number of hydrogen-bond donors (Lipinski definition) is 1. The summed E-state index contributed by atoms with van der Waals surface area (Å²) in [6, 6.07) is 6.41. The molecule has 4 nitrogen and oxygen atoms in total. The zero-order chi connectivity index (χ0) is 15.4. The lowest BCUT2D eigenvalue weighted by molar-refractivity contribution is 0.669. The van der Waals surface area contributed by atoms with Crippen molar-refractivity contribution < 1.29 is 0 Å². The SMILES string of the molecule is CCCNCc1cc(C(C)C)nc(-n2nc(C)cc2C)c1. The van der Waals surface area contributed by atoms with E-state index in [9.17, 15) is 0 Å². The third kappa shape index (κ3) is 3.91. The first-order valence-corrected chi connectivity index (χ1v) is 7.76. The maximum absolute atomic E-state index is 4.78. The summed E-state index contributed by atoms with van der Waals surface area (Å²) in [7, 11) is 0. The highest BCUT2D eigenvalue weighted by atomic mass is 15.3. The summed E-state index contributed by atoms with van der Waals surface area (Å²) < 4.78 is 1.94. The van der Waals surface area contributed by atoms with Crippen molar-refractivity contribution in [1.29, 1.82) is 0 Å². The van der Waals surface area contributed by atoms with Gasteiger partial charge in [0.25, 0.3) is 0 Å². The molecule has 0 unspecified atom stereocenters. The zero-order valence-corrected chi connectivity index (χ0v) is 13.8. The Balaban J connectivity index is 2.37. The van der Waals surface area contributed by atoms with Crippen LogP contribution in [0, 0.1) is 13.8 Å². The van der Waals surface area contributed by atoms with Crippen molar-refractivity contribution in [1.82, 2.24) is 20.1 Å². The highest BCUT2D eigenvalue weighted by molar-refractivity contribution is 5.33. The molecule has 0 saturated carbocycles. The number of nitrogens with zero attached hydrogens (tertiary/aromatic N) is 3. The van der Waals surface area contributed by atoms with Gasteiger partial charge >= 0.3 is 0 Å². The van der Waals surface area contributed by atoms with E-state index in [0.29, 0.717) is 5.92 Å². The smallest absolute Gasteiger partial charge is 0.154 e. The van der Waals surface area contributed by atoms with Crippen LogP contribution in [0.3, 0.4) is 0 Å². The molecule has 114 valence electrons. The molecule has 0 spiro atoms. The van der Waals surface area contributed by atoms with E-state index >= 15 is 0 Å². The number of rotatable bonds is 6. The molecular formula is C17H26N4. The van der Waals surface area contributed by atoms with Crippen LogP contribution in [0.25, 0.3) is 5.82 Å². The molecule has 0 saturated heterocycles. The maximum atomic E-state index is 4.78. The Morgan fingerprint density at radius 1 is 1.19 bits per heavy atom. The third-order valence-electron chi connectivity index (χ3n) is 3.47. The molecule has 0 aliphatic carbocycles. The molecule has 0 atom stereocenters. The van der Waals surface area contributed by atoms with Crippen LogP contribution >= 0.6 is 0 Å². The lowest BCUT2D eigenvalue weighted by atomic mass is 10.1. The number of aromatic nitrogens is 3. The van der Waals surface area contributed by atoms with Crippen LogP contribution in [0.1, 0.15) is 55.8 Å². The van der Waals surface area contributed by atoms with Gasteiger partial charge in [-0.25, -0.2) is 9.67 Å². The second-order valence-corrected chi connectivity index (χ2v) is 5.93. The predicted molar refractivity (Wildman–Crippen MR) is 86.9 cm³/mol. The van der Waals surface area contributed by atoms with E-state index in [0.717, 1.165) is 42.4 Å². The van der Waals surface area contributed by atoms with Crippen LogP contribution in [0.4, 0.5) is 0 Å². The molecule has 0 aliphatic rings. The summed E-state index contributed by atoms with van der Waals surface area (Å²) in [6.07, 6.45) is 1.15. The summed E-state index contributed by atoms with van der Waals surface area (Å²) in [5.74, 6) is 1.33. The largest absolute Gasteiger partial charge is 0.313 e. The quantitative estimate of drug-likeness (QED) is 0.826. The average Bonchev–Trinajstić information content (AvgIpc) is 2.77. The molecule has 2 aromatic heterocycles. The first-order chi connectivity index (χ1) is 10.0. The van der Waals surface area contributed by atoms with Gasteiger partial charge in [0.05, 0.1) is 5.69 Å². The molecule has 2 rings (SSSR count). The normalized spacial score (nSPS) is 11.3. The van der Waals surface area contributed by atoms with E-state index < -0.39 is 0 Å². The minimum atomic E-state index is 0.409. The van der Waals surface area contributed by atoms with Crippen molar-refractivity contribution in [3.63, 3.8) is 0 Å². The second-order valence-electron chi connectivity index (χ2n) is 5.93. The molecule has 2 heterocycles. The second kappa shape index (κ2) is 6.85. The van der Waals surface area contributed by atoms with Gasteiger partial charge < -0.3 is 5.32 Å². The standard InChI is InChI=1S/C17H26N4/c1-6-7-18-11-15-9-16(12(2)3)19-17(10-15)21-14(5)8-13(4)20-21/h8-10,12,18H,6-7,11H2,1-5H3. The first kappa shape index (κ1) is 15.7. The van der Waals surface area contributed by atoms with Crippen LogP contribution in [-0.4, -0.2) is 21.3 Å². The number of nitrogens with one attached hydrogen (secondary N) is 1. The van der Waals surface area contributed by atoms with E-state index in [1.807, 2.05) is 11.6 Å². The highest BCUT2D eigenvalue weighted by Crippen LogP contribution is 2.18. The van der Waals surface area contributed by atoms with E-state index in [4.69, 9.17) is 4.98 Å². The highest BCUT2D eigenvalue weighted by Gasteiger charge is 2.10. The molecule has 0 bridgehead atoms. The summed E-state index contributed by atoms with van der Waals surface area (Å²) in [5.41, 5.74) is 4.53. The molecule has 0 aliphatic heterocycles. The van der Waals surface area contributed by atoms with Crippen LogP contribution in [0.5, 0.6) is 0 Å². The van der Waals surface area contributed by atoms with Crippen LogP contribution in [0.15, 0.2) is 18.2 Å². The Kier molecular flexibility index (Phi) is 5.12. The Hall–Kier alpha value is -1.68. The van der Waals surface area contributed by atoms with Crippen molar-refractivity contribution in [3.8, 4) is 5.82 Å². The topological polar surface area (TPSA) is 42.7 Å². The van der Waals surface area contributed by atoms with Crippen LogP contribution < -0.4 is 5.32 Å². The number of aryl methyl sites for hydroxylation is 2. The molecule has 4 heteroatoms. The van der Waals surface area contributed by atoms with Crippen molar-refractivity contribution in [2.24, 2.45) is 0 Å². The van der Waals surface area contributed by atoms with Gasteiger partial charge in [0.15, 0.2) is 5.82 Å². The summed E-state index contributed by atoms with van der Waals surface area (Å²) in [4.78, 5) is 4.78. The summed E-state index contributed by atoms with van der Waals surface area (Å²) in [6.45, 7) is 12.5. The van der Waals surface area contributed by atoms with Crippen molar-refractivity contribution in [2.75, 3.05) is 6.54 Å². The first-order valence-electron chi connectivity index (χ1n) is 7.76. The molecule has 0 amide bonds. The van der Waals surface area contributed by atoms with Crippen molar-refractivity contribution >= 4 is 0 Å². The predicted octanol–water partition coefficient (Wildman–Crippen LogP) is 3.51. The summed E-state index contributed by atoms with van der Waals surface area (Å²) >= 11 is 0. The Morgan fingerprint density at radius 2 is 1.95 bits per heavy atom. The molecule has 1 N–H and O–H groups in total. The lowest BCUT2D eigenvalue weighted by Gasteiger charge is -2.12. The Bertz CT molecular complexity index is 599. The van der Waals surface area contributed by atoms with E-state index in [1.165, 1.54) is 5.56 Å². The van der Waals surface area contributed by atoms with E-state index in [2.05, 4.69) is 56.3 Å². The van der Waals surface area contributed by atoms with Gasteiger partial charge in [0.2, 0.25) is 0 Å². The fraction of sp³-hybridized carbons (Fsp3) is 0.529. The third-order valence-corrected chi connectivity index (χ3v) is 3.47. The molecule has 0 fully saturated rings. The summed E-state index contributed by atoms with van der Waals surface area (Å²) in [5, 5.41) is 8.01. The van der Waals surface area contributed by atoms with Gasteiger partial charge in [-0.15, -0.1) is 0 Å². The number of pyridine rings is 1. The monoisotopic (exact) mass is 286 g/mol. The van der Waals surface area contributed by atoms with E-state index in [-0.39, 0.29) is 0 Å². The van der Waals surface area contributed by atoms with Crippen molar-refractivity contribution in [3.05, 3.63) is 40.8 Å². The van der Waals surface area contributed by atoms with Crippen LogP contribution in [-0.2, 0) is 6.54 Å². The van der Waals surface area contributed by atoms with Gasteiger partial charge in [0.1, 0.15) is 0 Å². The lowest BCUT2D eigenvalue weighted by Crippen LogP contribution is -2.15. The minimum absolute atomic E-state index is 0.409. The molecule has 0 radical (unpaired) electrons. The molecule has 21 heavy (non-hydrogen) atoms. The fourth-order valence-electron chi connectivity index (χ4n) is 2.37. The minimum Gasteiger partial charge on any atom is -0.313 e. The maximum Gasteiger partial charge on any atom is 0.154 e. The van der Waals surface area contributed by atoms with Gasteiger partial charge in [-0.3, -0.25) is 0 Å². The Labute approximate surface area is 127 Å². The Morgan fingerprint density at radius 3 is 2.52 bits per heavy atom. The van der Waals surface area contributed by atoms with Gasteiger partial charge in [-0.05, 0) is 56.5 Å². The number of hydrogen-bond acceptors (Lipinski definition) is 3.